The number of methoxy groups -OCH3 is 1. The van der Waals surface area contributed by atoms with Gasteiger partial charge in [-0.15, -0.1) is 0 Å². The summed E-state index contributed by atoms with van der Waals surface area (Å²) in [5.41, 5.74) is 1.04. The van der Waals surface area contributed by atoms with Gasteiger partial charge in [-0.1, -0.05) is 12.1 Å². The first-order valence-corrected chi connectivity index (χ1v) is 9.36. The Hall–Kier alpha value is -2.51. The smallest absolute Gasteiger partial charge is 0.225 e. The first kappa shape index (κ1) is 20.2. The molecular weight excluding hydrogens is 364 g/mol. The first-order valence-electron chi connectivity index (χ1n) is 9.36. The third-order valence-corrected chi connectivity index (χ3v) is 4.90. The topological polar surface area (TPSA) is 44.8 Å². The molecule has 150 valence electrons. The van der Waals surface area contributed by atoms with Gasteiger partial charge in [-0.05, 0) is 30.3 Å². The minimum Gasteiger partial charge on any atom is -0.496 e. The zero-order valence-electron chi connectivity index (χ0n) is 16.0. The Balaban J connectivity index is 1.42. The van der Waals surface area contributed by atoms with E-state index < -0.39 is 5.82 Å². The number of halogens is 2. The van der Waals surface area contributed by atoms with Crippen LogP contribution in [0, 0.1) is 11.6 Å². The van der Waals surface area contributed by atoms with Crippen LogP contribution in [0.25, 0.3) is 0 Å². The van der Waals surface area contributed by atoms with Crippen molar-refractivity contribution in [2.24, 2.45) is 0 Å². The van der Waals surface area contributed by atoms with E-state index in [1.807, 2.05) is 0 Å². The van der Waals surface area contributed by atoms with E-state index in [4.69, 9.17) is 4.74 Å². The number of rotatable bonds is 7. The molecule has 1 aliphatic heterocycles. The van der Waals surface area contributed by atoms with Gasteiger partial charge >= 0.3 is 0 Å². The monoisotopic (exact) mass is 389 g/mol. The van der Waals surface area contributed by atoms with E-state index in [9.17, 15) is 13.6 Å². The molecule has 2 aromatic rings. The van der Waals surface area contributed by atoms with Crippen LogP contribution >= 0.6 is 0 Å². The Labute approximate surface area is 163 Å². The second kappa shape index (κ2) is 9.61. The van der Waals surface area contributed by atoms with Crippen LogP contribution in [0.15, 0.2) is 42.5 Å². The predicted octanol–water partition coefficient (Wildman–Crippen LogP) is 3.12. The van der Waals surface area contributed by atoms with E-state index in [0.717, 1.165) is 31.7 Å². The van der Waals surface area contributed by atoms with Gasteiger partial charge < -0.3 is 15.0 Å². The Morgan fingerprint density at radius 2 is 1.79 bits per heavy atom. The van der Waals surface area contributed by atoms with Crippen LogP contribution in [-0.4, -0.2) is 55.5 Å². The van der Waals surface area contributed by atoms with Crippen LogP contribution in [0.1, 0.15) is 12.0 Å². The molecule has 28 heavy (non-hydrogen) atoms. The van der Waals surface area contributed by atoms with Gasteiger partial charge in [0.25, 0.3) is 0 Å². The number of anilines is 1. The van der Waals surface area contributed by atoms with Crippen LogP contribution < -0.4 is 10.1 Å². The second-order valence-electron chi connectivity index (χ2n) is 6.85. The van der Waals surface area contributed by atoms with Gasteiger partial charge in [0.1, 0.15) is 17.4 Å². The van der Waals surface area contributed by atoms with E-state index in [1.54, 1.807) is 31.4 Å². The summed E-state index contributed by atoms with van der Waals surface area (Å²) in [6, 6.07) is 10.7. The first-order chi connectivity index (χ1) is 13.5. The maximum atomic E-state index is 13.6. The van der Waals surface area contributed by atoms with Crippen molar-refractivity contribution in [3.05, 3.63) is 59.7 Å². The highest BCUT2D eigenvalue weighted by Gasteiger charge is 2.19. The molecule has 0 radical (unpaired) electrons. The van der Waals surface area contributed by atoms with E-state index in [2.05, 4.69) is 15.1 Å². The molecule has 1 heterocycles. The third kappa shape index (κ3) is 5.50. The number of carbonyl (C=O) groups is 1. The summed E-state index contributed by atoms with van der Waals surface area (Å²) < 4.78 is 32.4. The van der Waals surface area contributed by atoms with Crippen molar-refractivity contribution >= 4 is 11.6 Å². The van der Waals surface area contributed by atoms with Gasteiger partial charge in [0.2, 0.25) is 5.91 Å². The minimum absolute atomic E-state index is 0.197. The SMILES string of the molecule is COc1ccc(F)cc1CN1CCN(CCC(=O)Nc2ccccc2F)CC1. The number of nitrogens with zero attached hydrogens (tertiary/aromatic N) is 2. The molecule has 5 nitrogen and oxygen atoms in total. The summed E-state index contributed by atoms with van der Waals surface area (Å²) >= 11 is 0. The molecule has 0 aromatic heterocycles. The standard InChI is InChI=1S/C21H25F2N3O2/c1-28-20-7-6-17(22)14-16(20)15-26-12-10-25(11-13-26)9-8-21(27)24-19-5-3-2-4-18(19)23/h2-7,14H,8-13,15H2,1H3,(H,24,27). The Morgan fingerprint density at radius 1 is 1.07 bits per heavy atom. The van der Waals surface area contributed by atoms with Crippen molar-refractivity contribution < 1.29 is 18.3 Å². The number of ether oxygens (including phenoxy) is 1. The number of nitrogens with one attached hydrogen (secondary N) is 1. The number of amides is 1. The predicted molar refractivity (Wildman–Crippen MR) is 104 cm³/mol. The molecule has 0 aliphatic carbocycles. The maximum absolute atomic E-state index is 13.6. The zero-order chi connectivity index (χ0) is 19.9. The van der Waals surface area contributed by atoms with Gasteiger partial charge in [-0.3, -0.25) is 9.69 Å². The lowest BCUT2D eigenvalue weighted by Crippen LogP contribution is -2.46. The van der Waals surface area contributed by atoms with Gasteiger partial charge in [-0.2, -0.15) is 0 Å². The number of para-hydroxylation sites is 1. The van der Waals surface area contributed by atoms with Crippen molar-refractivity contribution in [1.82, 2.24) is 9.80 Å². The molecular formula is C21H25F2N3O2. The highest BCUT2D eigenvalue weighted by molar-refractivity contribution is 5.90. The van der Waals surface area contributed by atoms with Crippen molar-refractivity contribution in [2.45, 2.75) is 13.0 Å². The van der Waals surface area contributed by atoms with Gasteiger partial charge in [0, 0.05) is 51.3 Å². The summed E-state index contributed by atoms with van der Waals surface area (Å²) in [5.74, 6) is -0.210. The van der Waals surface area contributed by atoms with Crippen LogP contribution in [0.4, 0.5) is 14.5 Å². The molecule has 1 amide bonds. The molecule has 2 aromatic carbocycles. The van der Waals surface area contributed by atoms with Gasteiger partial charge in [-0.25, -0.2) is 8.78 Å². The minimum atomic E-state index is -0.433. The van der Waals surface area contributed by atoms with Crippen LogP contribution in [0.5, 0.6) is 5.75 Å². The maximum Gasteiger partial charge on any atom is 0.225 e. The van der Waals surface area contributed by atoms with E-state index in [-0.39, 0.29) is 17.4 Å². The molecule has 1 saturated heterocycles. The Bertz CT molecular complexity index is 808. The number of piperazine rings is 1. The summed E-state index contributed by atoms with van der Waals surface area (Å²) in [5, 5.41) is 2.61. The third-order valence-electron chi connectivity index (χ3n) is 4.90. The van der Waals surface area contributed by atoms with Crippen molar-refractivity contribution in [3.63, 3.8) is 0 Å². The molecule has 0 atom stereocenters. The fraction of sp³-hybridized carbons (Fsp3) is 0.381. The molecule has 1 aliphatic rings. The molecule has 3 rings (SSSR count). The summed E-state index contributed by atoms with van der Waals surface area (Å²) in [7, 11) is 1.58. The van der Waals surface area contributed by atoms with E-state index >= 15 is 0 Å². The molecule has 0 bridgehead atoms. The molecule has 0 unspecified atom stereocenters. The largest absolute Gasteiger partial charge is 0.496 e. The lowest BCUT2D eigenvalue weighted by Gasteiger charge is -2.34. The summed E-state index contributed by atoms with van der Waals surface area (Å²) in [6.07, 6.45) is 0.312. The molecule has 7 heteroatoms. The van der Waals surface area contributed by atoms with Crippen LogP contribution in [0.3, 0.4) is 0 Å². The fourth-order valence-electron chi connectivity index (χ4n) is 3.32. The van der Waals surface area contributed by atoms with Crippen molar-refractivity contribution in [1.29, 1.82) is 0 Å². The molecule has 0 saturated carbocycles. The lowest BCUT2D eigenvalue weighted by atomic mass is 10.1. The molecule has 1 fully saturated rings. The highest BCUT2D eigenvalue weighted by Crippen LogP contribution is 2.21. The number of benzene rings is 2. The van der Waals surface area contributed by atoms with Crippen molar-refractivity contribution in [3.8, 4) is 5.75 Å². The summed E-state index contributed by atoms with van der Waals surface area (Å²) in [6.45, 7) is 4.55. The van der Waals surface area contributed by atoms with E-state index in [1.165, 1.54) is 18.2 Å². The average molecular weight is 389 g/mol. The normalized spacial score (nSPS) is 15.4. The van der Waals surface area contributed by atoms with Gasteiger partial charge in [0.05, 0.1) is 12.8 Å². The average Bonchev–Trinajstić information content (AvgIpc) is 2.69. The fourth-order valence-corrected chi connectivity index (χ4v) is 3.32. The van der Waals surface area contributed by atoms with Crippen molar-refractivity contribution in [2.75, 3.05) is 45.2 Å². The van der Waals surface area contributed by atoms with Crippen LogP contribution in [0.2, 0.25) is 0 Å². The lowest BCUT2D eigenvalue weighted by molar-refractivity contribution is -0.116. The highest BCUT2D eigenvalue weighted by atomic mass is 19.1. The molecule has 1 N–H and O–H groups in total. The Kier molecular flexibility index (Phi) is 6.95. The number of hydrogen-bond donors (Lipinski definition) is 1. The number of carbonyl (C=O) groups excluding carboxylic acids is 1. The van der Waals surface area contributed by atoms with E-state index in [0.29, 0.717) is 25.3 Å². The Morgan fingerprint density at radius 3 is 2.50 bits per heavy atom. The van der Waals surface area contributed by atoms with Gasteiger partial charge in [0.15, 0.2) is 0 Å². The van der Waals surface area contributed by atoms with Crippen LogP contribution in [-0.2, 0) is 11.3 Å². The zero-order valence-corrected chi connectivity index (χ0v) is 16.0. The molecule has 0 spiro atoms. The number of hydrogen-bond acceptors (Lipinski definition) is 4. The summed E-state index contributed by atoms with van der Waals surface area (Å²) in [4.78, 5) is 16.5. The second-order valence-corrected chi connectivity index (χ2v) is 6.85. The quantitative estimate of drug-likeness (QED) is 0.790.